The van der Waals surface area contributed by atoms with Crippen molar-refractivity contribution in [2.45, 2.75) is 19.9 Å². The Kier molecular flexibility index (Phi) is 6.39. The van der Waals surface area contributed by atoms with Crippen LogP contribution < -0.4 is 14.8 Å². The van der Waals surface area contributed by atoms with Crippen LogP contribution in [-0.4, -0.2) is 35.4 Å². The molecule has 0 aliphatic carbocycles. The highest BCUT2D eigenvalue weighted by Gasteiger charge is 2.27. The first-order valence-electron chi connectivity index (χ1n) is 10.4. The van der Waals surface area contributed by atoms with E-state index in [1.807, 2.05) is 62.4 Å². The lowest BCUT2D eigenvalue weighted by Crippen LogP contribution is -2.32. The van der Waals surface area contributed by atoms with Crippen LogP contribution in [0.5, 0.6) is 11.5 Å². The summed E-state index contributed by atoms with van der Waals surface area (Å²) in [7, 11) is 3.20. The fourth-order valence-corrected chi connectivity index (χ4v) is 3.22. The summed E-state index contributed by atoms with van der Waals surface area (Å²) in [6, 6.07) is 15.7. The van der Waals surface area contributed by atoms with Gasteiger partial charge >= 0.3 is 0 Å². The van der Waals surface area contributed by atoms with Crippen molar-refractivity contribution >= 4 is 5.91 Å². The van der Waals surface area contributed by atoms with Gasteiger partial charge < -0.3 is 23.8 Å². The molecule has 2 aromatic carbocycles. The van der Waals surface area contributed by atoms with Gasteiger partial charge in [0, 0.05) is 17.2 Å². The van der Waals surface area contributed by atoms with Crippen LogP contribution in [-0.2, 0) is 0 Å². The van der Waals surface area contributed by atoms with Gasteiger partial charge in [0.05, 0.1) is 14.2 Å². The molecule has 33 heavy (non-hydrogen) atoms. The number of rotatable bonds is 8. The molecular formula is C24H24N4O5. The van der Waals surface area contributed by atoms with Crippen molar-refractivity contribution < 1.29 is 23.3 Å². The number of amides is 1. The van der Waals surface area contributed by atoms with E-state index in [0.717, 1.165) is 22.6 Å². The number of benzene rings is 2. The van der Waals surface area contributed by atoms with E-state index < -0.39 is 11.9 Å². The summed E-state index contributed by atoms with van der Waals surface area (Å²) < 4.78 is 21.2. The van der Waals surface area contributed by atoms with Crippen molar-refractivity contribution in [3.05, 3.63) is 66.2 Å². The van der Waals surface area contributed by atoms with Gasteiger partial charge in [-0.05, 0) is 54.4 Å². The van der Waals surface area contributed by atoms with E-state index in [4.69, 9.17) is 18.5 Å². The second-order valence-electron chi connectivity index (χ2n) is 7.68. The third-order valence-electron chi connectivity index (χ3n) is 5.13. The zero-order valence-corrected chi connectivity index (χ0v) is 18.7. The van der Waals surface area contributed by atoms with Gasteiger partial charge in [0.25, 0.3) is 5.91 Å². The first-order chi connectivity index (χ1) is 16.0. The summed E-state index contributed by atoms with van der Waals surface area (Å²) in [5, 5.41) is 10.9. The van der Waals surface area contributed by atoms with E-state index in [2.05, 4.69) is 20.6 Å². The fraction of sp³-hybridized carbons (Fsp3) is 0.250. The minimum Gasteiger partial charge on any atom is -0.497 e. The second kappa shape index (κ2) is 9.56. The maximum Gasteiger partial charge on any atom is 0.274 e. The predicted molar refractivity (Wildman–Crippen MR) is 120 cm³/mol. The van der Waals surface area contributed by atoms with Crippen molar-refractivity contribution in [1.29, 1.82) is 0 Å². The third kappa shape index (κ3) is 4.87. The maximum absolute atomic E-state index is 12.9. The summed E-state index contributed by atoms with van der Waals surface area (Å²) in [5.41, 5.74) is 1.71. The molecule has 0 unspecified atom stereocenters. The minimum absolute atomic E-state index is 0.00826. The molecule has 1 amide bonds. The molecule has 1 atom stereocenters. The van der Waals surface area contributed by atoms with Crippen LogP contribution in [0.2, 0.25) is 0 Å². The zero-order chi connectivity index (χ0) is 23.4. The molecule has 1 N–H and O–H groups in total. The number of aromatic nitrogens is 3. The summed E-state index contributed by atoms with van der Waals surface area (Å²) in [6.45, 7) is 3.90. The third-order valence-corrected chi connectivity index (χ3v) is 5.13. The van der Waals surface area contributed by atoms with Crippen LogP contribution in [0.25, 0.3) is 22.7 Å². The molecule has 0 radical (unpaired) electrons. The lowest BCUT2D eigenvalue weighted by atomic mass is 10.0. The van der Waals surface area contributed by atoms with Crippen LogP contribution in [0.3, 0.4) is 0 Å². The highest BCUT2D eigenvalue weighted by Crippen LogP contribution is 2.26. The number of nitrogens with zero attached hydrogens (tertiary/aromatic N) is 3. The lowest BCUT2D eigenvalue weighted by molar-refractivity contribution is 0.0904. The van der Waals surface area contributed by atoms with E-state index in [-0.39, 0.29) is 11.6 Å². The zero-order valence-electron chi connectivity index (χ0n) is 18.7. The molecule has 170 valence electrons. The van der Waals surface area contributed by atoms with Gasteiger partial charge in [-0.1, -0.05) is 24.2 Å². The first-order valence-corrected chi connectivity index (χ1v) is 10.4. The first kappa shape index (κ1) is 22.1. The summed E-state index contributed by atoms with van der Waals surface area (Å²) in [4.78, 5) is 17.4. The van der Waals surface area contributed by atoms with Crippen molar-refractivity contribution in [2.75, 3.05) is 14.2 Å². The smallest absolute Gasteiger partial charge is 0.274 e. The van der Waals surface area contributed by atoms with E-state index in [0.29, 0.717) is 17.5 Å². The molecule has 2 heterocycles. The van der Waals surface area contributed by atoms with Gasteiger partial charge in [0.15, 0.2) is 11.5 Å². The molecule has 0 aliphatic rings. The number of hydrogen-bond acceptors (Lipinski definition) is 8. The van der Waals surface area contributed by atoms with Gasteiger partial charge in [0.2, 0.25) is 11.7 Å². The molecule has 0 aliphatic heterocycles. The molecule has 4 rings (SSSR count). The molecule has 4 aromatic rings. The lowest BCUT2D eigenvalue weighted by Gasteiger charge is -2.17. The molecule has 0 saturated heterocycles. The van der Waals surface area contributed by atoms with Crippen LogP contribution in [0, 0.1) is 5.92 Å². The van der Waals surface area contributed by atoms with Gasteiger partial charge in [0.1, 0.15) is 17.5 Å². The Hall–Kier alpha value is -4.14. The van der Waals surface area contributed by atoms with Crippen LogP contribution in [0.1, 0.15) is 36.3 Å². The topological polar surface area (TPSA) is 113 Å². The van der Waals surface area contributed by atoms with Crippen molar-refractivity contribution in [2.24, 2.45) is 5.92 Å². The van der Waals surface area contributed by atoms with Gasteiger partial charge in [-0.2, -0.15) is 4.98 Å². The molecule has 2 aromatic heterocycles. The predicted octanol–water partition coefficient (Wildman–Crippen LogP) is 4.54. The van der Waals surface area contributed by atoms with Crippen molar-refractivity contribution in [3.63, 3.8) is 0 Å². The monoisotopic (exact) mass is 448 g/mol. The normalized spacial score (nSPS) is 11.9. The van der Waals surface area contributed by atoms with E-state index >= 15 is 0 Å². The molecule has 0 saturated carbocycles. The Morgan fingerprint density at radius 1 is 0.879 bits per heavy atom. The second-order valence-corrected chi connectivity index (χ2v) is 7.68. The van der Waals surface area contributed by atoms with Crippen LogP contribution in [0.15, 0.2) is 63.6 Å². The Balaban J connectivity index is 1.50. The summed E-state index contributed by atoms with van der Waals surface area (Å²) in [5.74, 6) is 2.26. The Bertz CT molecular complexity index is 1210. The highest BCUT2D eigenvalue weighted by atomic mass is 16.5. The Labute approximate surface area is 190 Å². The SMILES string of the molecule is COc1ccc(-c2noc([C@H](NC(=O)c3cc(-c4ccc(OC)cc4)on3)C(C)C)n2)cc1. The number of nitrogens with one attached hydrogen (secondary N) is 1. The van der Waals surface area contributed by atoms with E-state index in [1.165, 1.54) is 0 Å². The fourth-order valence-electron chi connectivity index (χ4n) is 3.22. The molecule has 0 bridgehead atoms. The standard InChI is InChI=1S/C24H24N4O5/c1-14(2)21(24-26-22(28-33-24)16-7-11-18(31-4)12-8-16)25-23(29)19-13-20(32-27-19)15-5-9-17(30-3)10-6-15/h5-14,21H,1-4H3,(H,25,29)/t21-/m1/s1. The molecule has 9 nitrogen and oxygen atoms in total. The average molecular weight is 448 g/mol. The van der Waals surface area contributed by atoms with E-state index in [1.54, 1.807) is 20.3 Å². The Morgan fingerprint density at radius 2 is 1.48 bits per heavy atom. The quantitative estimate of drug-likeness (QED) is 0.418. The van der Waals surface area contributed by atoms with Gasteiger partial charge in [-0.15, -0.1) is 0 Å². The number of carbonyl (C=O) groups is 1. The highest BCUT2D eigenvalue weighted by molar-refractivity contribution is 5.93. The van der Waals surface area contributed by atoms with Gasteiger partial charge in [-0.3, -0.25) is 4.79 Å². The molecule has 0 fully saturated rings. The number of methoxy groups -OCH3 is 2. The van der Waals surface area contributed by atoms with Crippen LogP contribution >= 0.6 is 0 Å². The molecule has 0 spiro atoms. The maximum atomic E-state index is 12.9. The summed E-state index contributed by atoms with van der Waals surface area (Å²) in [6.07, 6.45) is 0. The Morgan fingerprint density at radius 3 is 2.06 bits per heavy atom. The number of ether oxygens (including phenoxy) is 2. The van der Waals surface area contributed by atoms with Crippen LogP contribution in [0.4, 0.5) is 0 Å². The minimum atomic E-state index is -0.502. The van der Waals surface area contributed by atoms with E-state index in [9.17, 15) is 4.79 Å². The molecule has 9 heteroatoms. The van der Waals surface area contributed by atoms with Gasteiger partial charge in [-0.25, -0.2) is 0 Å². The van der Waals surface area contributed by atoms with Crippen molar-refractivity contribution in [3.8, 4) is 34.2 Å². The molecular weight excluding hydrogens is 424 g/mol. The summed E-state index contributed by atoms with van der Waals surface area (Å²) >= 11 is 0. The van der Waals surface area contributed by atoms with Crippen molar-refractivity contribution in [1.82, 2.24) is 20.6 Å². The number of carbonyl (C=O) groups excluding carboxylic acids is 1. The number of hydrogen-bond donors (Lipinski definition) is 1. The average Bonchev–Trinajstić information content (AvgIpc) is 3.53. The largest absolute Gasteiger partial charge is 0.497 e.